The smallest absolute Gasteiger partial charge is 0.337 e. The molecule has 11 nitrogen and oxygen atoms in total. The summed E-state index contributed by atoms with van der Waals surface area (Å²) in [6.45, 7) is 4.28. The van der Waals surface area contributed by atoms with Crippen molar-refractivity contribution in [3.8, 4) is 35.1 Å². The number of imidazole rings is 1. The van der Waals surface area contributed by atoms with Crippen molar-refractivity contribution in [3.63, 3.8) is 0 Å². The Labute approximate surface area is 237 Å². The third kappa shape index (κ3) is 4.43. The van der Waals surface area contributed by atoms with Crippen LogP contribution in [-0.4, -0.2) is 62.2 Å². The number of hydrogen-bond donors (Lipinski definition) is 1. The Morgan fingerprint density at radius 2 is 2.00 bits per heavy atom. The van der Waals surface area contributed by atoms with Gasteiger partial charge in [0.25, 0.3) is 0 Å². The first-order valence-electron chi connectivity index (χ1n) is 14.0. The molecule has 1 aliphatic heterocycles. The number of terminal acetylenes is 1. The highest BCUT2D eigenvalue weighted by Gasteiger charge is 2.57. The highest BCUT2D eigenvalue weighted by atomic mass is 32.2. The number of anilines is 1. The lowest BCUT2D eigenvalue weighted by atomic mass is 9.79. The summed E-state index contributed by atoms with van der Waals surface area (Å²) < 4.78 is 32.1. The fourth-order valence-electron chi connectivity index (χ4n) is 6.84. The number of pyridine rings is 2. The number of aryl methyl sites for hydroxylation is 1. The van der Waals surface area contributed by atoms with Crippen molar-refractivity contribution in [2.75, 3.05) is 23.0 Å². The molecule has 0 bridgehead atoms. The monoisotopic (exact) mass is 573 g/mol. The molecule has 212 valence electrons. The summed E-state index contributed by atoms with van der Waals surface area (Å²) in [6, 6.07) is 3.78. The van der Waals surface area contributed by atoms with Crippen molar-refractivity contribution >= 4 is 26.8 Å². The SMILES string of the molecule is C#CC1CCC2(CC1)CC2n1c(N2CCS(=O)(=O)CC2C)nc2cc(-c3noc(=O)[nH]3)nc(-c3cncc(C)c3)c21. The second-order valence-corrected chi connectivity index (χ2v) is 14.1. The Balaban J connectivity index is 1.46. The Hall–Kier alpha value is -3.98. The molecule has 1 saturated heterocycles. The standard InChI is InChI=1S/C29H31N7O4S/c1-4-19-5-7-29(8-6-19)13-23(29)36-25-21(32-27(36)35-9-10-41(38,39)16-18(35)3)12-22(26-33-28(37)40-34-26)31-24(25)20-11-17(2)14-30-15-20/h1,11-12,14-15,18-19,23H,5-10,13,16H2,2-3H3,(H,33,34,37). The van der Waals surface area contributed by atoms with Crippen molar-refractivity contribution in [1.82, 2.24) is 29.7 Å². The lowest BCUT2D eigenvalue weighted by molar-refractivity contribution is 0.274. The van der Waals surface area contributed by atoms with Gasteiger partial charge in [-0.15, -0.1) is 12.3 Å². The zero-order valence-corrected chi connectivity index (χ0v) is 23.8. The van der Waals surface area contributed by atoms with E-state index < -0.39 is 15.6 Å². The number of aromatic amines is 1. The van der Waals surface area contributed by atoms with Gasteiger partial charge in [0.05, 0.1) is 28.2 Å². The van der Waals surface area contributed by atoms with E-state index in [1.807, 2.05) is 26.0 Å². The van der Waals surface area contributed by atoms with Crippen molar-refractivity contribution in [2.24, 2.45) is 11.3 Å². The second-order valence-electron chi connectivity index (χ2n) is 11.9. The molecule has 7 rings (SSSR count). The van der Waals surface area contributed by atoms with Gasteiger partial charge in [-0.05, 0) is 69.1 Å². The highest BCUT2D eigenvalue weighted by Crippen LogP contribution is 2.66. The van der Waals surface area contributed by atoms with Gasteiger partial charge in [0.2, 0.25) is 11.8 Å². The van der Waals surface area contributed by atoms with Crippen molar-refractivity contribution in [3.05, 3.63) is 40.6 Å². The van der Waals surface area contributed by atoms with E-state index in [0.717, 1.165) is 54.7 Å². The maximum absolute atomic E-state index is 12.5. The van der Waals surface area contributed by atoms with Crippen LogP contribution in [0.3, 0.4) is 0 Å². The lowest BCUT2D eigenvalue weighted by Gasteiger charge is -2.35. The Morgan fingerprint density at radius 1 is 1.20 bits per heavy atom. The number of nitrogens with zero attached hydrogens (tertiary/aromatic N) is 6. The number of nitrogens with one attached hydrogen (secondary N) is 1. The van der Waals surface area contributed by atoms with Crippen LogP contribution in [0.2, 0.25) is 0 Å². The van der Waals surface area contributed by atoms with Crippen LogP contribution in [0.5, 0.6) is 0 Å². The molecular weight excluding hydrogens is 542 g/mol. The van der Waals surface area contributed by atoms with Crippen LogP contribution in [0, 0.1) is 30.6 Å². The lowest BCUT2D eigenvalue weighted by Crippen LogP contribution is -2.48. The van der Waals surface area contributed by atoms with Crippen LogP contribution in [-0.2, 0) is 9.84 Å². The number of fused-ring (bicyclic) bond motifs is 1. The molecule has 3 aliphatic rings. The molecule has 41 heavy (non-hydrogen) atoms. The van der Waals surface area contributed by atoms with Crippen LogP contribution in [0.15, 0.2) is 33.8 Å². The summed E-state index contributed by atoms with van der Waals surface area (Å²) in [5.74, 6) is 3.71. The number of hydrogen-bond acceptors (Lipinski definition) is 9. The molecule has 3 fully saturated rings. The minimum atomic E-state index is -3.12. The largest absolute Gasteiger partial charge is 0.439 e. The first-order valence-corrected chi connectivity index (χ1v) is 15.8. The average molecular weight is 574 g/mol. The fraction of sp³-hybridized carbons (Fsp3) is 0.483. The minimum absolute atomic E-state index is 0.0776. The highest BCUT2D eigenvalue weighted by molar-refractivity contribution is 7.91. The van der Waals surface area contributed by atoms with Gasteiger partial charge in [-0.25, -0.2) is 23.2 Å². The predicted molar refractivity (Wildman–Crippen MR) is 154 cm³/mol. The summed E-state index contributed by atoms with van der Waals surface area (Å²) >= 11 is 0. The number of sulfone groups is 1. The van der Waals surface area contributed by atoms with E-state index in [0.29, 0.717) is 29.4 Å². The van der Waals surface area contributed by atoms with Crippen molar-refractivity contribution in [1.29, 1.82) is 0 Å². The van der Waals surface area contributed by atoms with Gasteiger partial charge in [-0.1, -0.05) is 5.16 Å². The number of rotatable bonds is 4. The molecule has 2 saturated carbocycles. The molecule has 5 heterocycles. The van der Waals surface area contributed by atoms with Gasteiger partial charge in [0.15, 0.2) is 9.84 Å². The number of H-pyrrole nitrogens is 1. The van der Waals surface area contributed by atoms with Crippen molar-refractivity contribution < 1.29 is 12.9 Å². The van der Waals surface area contributed by atoms with Gasteiger partial charge in [0.1, 0.15) is 5.69 Å². The molecule has 0 aromatic carbocycles. The average Bonchev–Trinajstić information content (AvgIpc) is 3.25. The quantitative estimate of drug-likeness (QED) is 0.363. The summed E-state index contributed by atoms with van der Waals surface area (Å²) in [5, 5.41) is 3.87. The van der Waals surface area contributed by atoms with Crippen LogP contribution in [0.25, 0.3) is 33.8 Å². The van der Waals surface area contributed by atoms with E-state index in [9.17, 15) is 13.2 Å². The molecule has 12 heteroatoms. The van der Waals surface area contributed by atoms with Gasteiger partial charge in [0, 0.05) is 42.5 Å². The minimum Gasteiger partial charge on any atom is -0.337 e. The Bertz CT molecular complexity index is 1870. The zero-order valence-electron chi connectivity index (χ0n) is 23.0. The molecule has 2 atom stereocenters. The van der Waals surface area contributed by atoms with E-state index in [4.69, 9.17) is 20.9 Å². The van der Waals surface area contributed by atoms with Gasteiger partial charge < -0.3 is 9.47 Å². The summed E-state index contributed by atoms with van der Waals surface area (Å²) in [7, 11) is -3.12. The summed E-state index contributed by atoms with van der Waals surface area (Å²) in [6.07, 6.45) is 14.4. The van der Waals surface area contributed by atoms with Crippen molar-refractivity contribution in [2.45, 2.75) is 58.0 Å². The van der Waals surface area contributed by atoms with E-state index in [2.05, 4.69) is 30.5 Å². The normalized spacial score (nSPS) is 27.2. The van der Waals surface area contributed by atoms with E-state index in [1.54, 1.807) is 12.4 Å². The van der Waals surface area contributed by atoms with Crippen LogP contribution < -0.4 is 10.7 Å². The topological polar surface area (TPSA) is 140 Å². The molecule has 0 radical (unpaired) electrons. The predicted octanol–water partition coefficient (Wildman–Crippen LogP) is 3.52. The maximum atomic E-state index is 12.5. The van der Waals surface area contributed by atoms with Gasteiger partial charge >= 0.3 is 5.76 Å². The molecule has 4 aromatic heterocycles. The van der Waals surface area contributed by atoms with Crippen LogP contribution >= 0.6 is 0 Å². The third-order valence-electron chi connectivity index (χ3n) is 9.08. The van der Waals surface area contributed by atoms with Crippen LogP contribution in [0.1, 0.15) is 50.6 Å². The van der Waals surface area contributed by atoms with Gasteiger partial charge in [-0.2, -0.15) is 0 Å². The van der Waals surface area contributed by atoms with Crippen LogP contribution in [0.4, 0.5) is 5.95 Å². The third-order valence-corrected chi connectivity index (χ3v) is 10.9. The fourth-order valence-corrected chi connectivity index (χ4v) is 8.39. The molecule has 1 spiro atoms. The Kier molecular flexibility index (Phi) is 5.87. The maximum Gasteiger partial charge on any atom is 0.439 e. The summed E-state index contributed by atoms with van der Waals surface area (Å²) in [5.41, 5.74) is 4.57. The molecule has 1 N–H and O–H groups in total. The van der Waals surface area contributed by atoms with E-state index in [-0.39, 0.29) is 34.8 Å². The number of aromatic nitrogens is 6. The Morgan fingerprint density at radius 3 is 2.68 bits per heavy atom. The molecule has 4 aromatic rings. The molecule has 2 aliphatic carbocycles. The van der Waals surface area contributed by atoms with E-state index >= 15 is 0 Å². The molecule has 2 unspecified atom stereocenters. The summed E-state index contributed by atoms with van der Waals surface area (Å²) in [4.78, 5) is 31.1. The molecular formula is C29H31N7O4S. The first-order chi connectivity index (χ1) is 19.7. The molecule has 0 amide bonds. The zero-order chi connectivity index (χ0) is 28.5. The van der Waals surface area contributed by atoms with Gasteiger partial charge in [-0.3, -0.25) is 14.5 Å². The second kappa shape index (κ2) is 9.27. The first kappa shape index (κ1) is 26.0. The van der Waals surface area contributed by atoms with E-state index in [1.165, 1.54) is 0 Å².